The van der Waals surface area contributed by atoms with Gasteiger partial charge in [0.15, 0.2) is 5.96 Å². The number of aliphatic imine (C=N–C) groups is 1. The Morgan fingerprint density at radius 2 is 2.19 bits per heavy atom. The Morgan fingerprint density at radius 3 is 2.81 bits per heavy atom. The summed E-state index contributed by atoms with van der Waals surface area (Å²) in [6.07, 6.45) is 6.05. The minimum Gasteiger partial charge on any atom is -0.375 e. The molecular formula is C20H28FN5O. The van der Waals surface area contributed by atoms with E-state index in [1.165, 1.54) is 17.7 Å². The molecule has 0 spiro atoms. The van der Waals surface area contributed by atoms with Gasteiger partial charge in [-0.1, -0.05) is 12.1 Å². The Morgan fingerprint density at radius 1 is 1.41 bits per heavy atom. The van der Waals surface area contributed by atoms with E-state index >= 15 is 0 Å². The van der Waals surface area contributed by atoms with Crippen LogP contribution in [-0.2, 0) is 18.2 Å². The fourth-order valence-electron chi connectivity index (χ4n) is 3.63. The second-order valence-electron chi connectivity index (χ2n) is 7.03. The third kappa shape index (κ3) is 5.07. The second kappa shape index (κ2) is 8.99. The predicted octanol–water partition coefficient (Wildman–Crippen LogP) is 2.39. The van der Waals surface area contributed by atoms with Crippen molar-refractivity contribution >= 4 is 5.96 Å². The molecule has 2 aromatic rings. The zero-order valence-electron chi connectivity index (χ0n) is 16.2. The Kier molecular flexibility index (Phi) is 6.45. The highest BCUT2D eigenvalue weighted by molar-refractivity contribution is 5.80. The number of guanidine groups is 1. The van der Waals surface area contributed by atoms with Gasteiger partial charge in [-0.25, -0.2) is 4.39 Å². The van der Waals surface area contributed by atoms with Gasteiger partial charge in [-0.3, -0.25) is 9.67 Å². The summed E-state index contributed by atoms with van der Waals surface area (Å²) in [5.74, 6) is 1.24. The van der Waals surface area contributed by atoms with E-state index < -0.39 is 0 Å². The number of ether oxygens (including phenoxy) is 1. The predicted molar refractivity (Wildman–Crippen MR) is 104 cm³/mol. The molecule has 0 bridgehead atoms. The lowest BCUT2D eigenvalue weighted by molar-refractivity contribution is 0.106. The minimum absolute atomic E-state index is 0.156. The van der Waals surface area contributed by atoms with Crippen molar-refractivity contribution in [3.8, 4) is 0 Å². The van der Waals surface area contributed by atoms with Crippen LogP contribution in [0.4, 0.5) is 4.39 Å². The average molecular weight is 373 g/mol. The van der Waals surface area contributed by atoms with Crippen LogP contribution in [0.3, 0.4) is 0 Å². The molecule has 7 heteroatoms. The second-order valence-corrected chi connectivity index (χ2v) is 7.03. The summed E-state index contributed by atoms with van der Waals surface area (Å²) in [6.45, 7) is 2.54. The van der Waals surface area contributed by atoms with Crippen molar-refractivity contribution in [2.75, 3.05) is 33.8 Å². The van der Waals surface area contributed by atoms with E-state index in [1.54, 1.807) is 26.3 Å². The number of halogens is 1. The van der Waals surface area contributed by atoms with Crippen LogP contribution in [0.1, 0.15) is 23.7 Å². The zero-order valence-corrected chi connectivity index (χ0v) is 16.2. The summed E-state index contributed by atoms with van der Waals surface area (Å²) < 4.78 is 20.6. The van der Waals surface area contributed by atoms with Gasteiger partial charge in [-0.2, -0.15) is 5.10 Å². The van der Waals surface area contributed by atoms with Gasteiger partial charge in [0.05, 0.1) is 12.3 Å². The van der Waals surface area contributed by atoms with Crippen molar-refractivity contribution in [1.82, 2.24) is 20.0 Å². The average Bonchev–Trinajstić information content (AvgIpc) is 3.29. The van der Waals surface area contributed by atoms with Crippen molar-refractivity contribution in [1.29, 1.82) is 0 Å². The van der Waals surface area contributed by atoms with Crippen molar-refractivity contribution in [3.63, 3.8) is 0 Å². The van der Waals surface area contributed by atoms with Crippen LogP contribution in [0, 0.1) is 11.7 Å². The molecule has 3 rings (SSSR count). The molecule has 1 aromatic heterocycles. The number of methoxy groups -OCH3 is 1. The molecule has 27 heavy (non-hydrogen) atoms. The molecule has 0 amide bonds. The molecule has 1 saturated heterocycles. The maximum atomic E-state index is 13.1. The maximum absolute atomic E-state index is 13.1. The van der Waals surface area contributed by atoms with Crippen LogP contribution in [0.2, 0.25) is 0 Å². The van der Waals surface area contributed by atoms with E-state index in [0.29, 0.717) is 12.5 Å². The Labute approximate surface area is 160 Å². The number of hydrogen-bond donors (Lipinski definition) is 1. The summed E-state index contributed by atoms with van der Waals surface area (Å²) in [5.41, 5.74) is 2.22. The Bertz CT molecular complexity index is 758. The highest BCUT2D eigenvalue weighted by atomic mass is 19.1. The van der Waals surface area contributed by atoms with Crippen molar-refractivity contribution in [2.24, 2.45) is 18.0 Å². The molecule has 2 atom stereocenters. The fourth-order valence-corrected chi connectivity index (χ4v) is 3.63. The summed E-state index contributed by atoms with van der Waals surface area (Å²) in [6, 6.07) is 6.43. The molecule has 6 nitrogen and oxygen atoms in total. The molecule has 1 aliphatic heterocycles. The summed E-state index contributed by atoms with van der Waals surface area (Å²) in [4.78, 5) is 6.72. The SMILES string of the molecule is CN=C(NCC(OC)c1ccc(F)cc1)N1CCC(Cc2cnn(C)c2)C1. The lowest BCUT2D eigenvalue weighted by Gasteiger charge is -2.24. The standard InChI is InChI=1S/C20H28FN5O/c1-22-20(23-12-19(27-3)17-4-6-18(21)7-5-17)26-9-8-15(14-26)10-16-11-24-25(2)13-16/h4-7,11,13,15,19H,8-10,12,14H2,1-3H3,(H,22,23). The molecule has 2 heterocycles. The minimum atomic E-state index is -0.242. The van der Waals surface area contributed by atoms with Crippen LogP contribution in [0.25, 0.3) is 0 Å². The van der Waals surface area contributed by atoms with Gasteiger partial charge in [0.1, 0.15) is 5.82 Å². The van der Waals surface area contributed by atoms with E-state index in [2.05, 4.69) is 26.5 Å². The molecular weight excluding hydrogens is 345 g/mol. The molecule has 0 saturated carbocycles. The number of aromatic nitrogens is 2. The lowest BCUT2D eigenvalue weighted by Crippen LogP contribution is -2.42. The number of likely N-dealkylation sites (tertiary alicyclic amines) is 1. The van der Waals surface area contributed by atoms with Crippen molar-refractivity contribution < 1.29 is 9.13 Å². The van der Waals surface area contributed by atoms with Crippen LogP contribution < -0.4 is 5.32 Å². The number of hydrogen-bond acceptors (Lipinski definition) is 3. The summed E-state index contributed by atoms with van der Waals surface area (Å²) in [7, 11) is 5.41. The smallest absolute Gasteiger partial charge is 0.193 e. The zero-order chi connectivity index (χ0) is 19.2. The van der Waals surface area contributed by atoms with Gasteiger partial charge in [0.25, 0.3) is 0 Å². The molecule has 0 radical (unpaired) electrons. The summed E-state index contributed by atoms with van der Waals surface area (Å²) >= 11 is 0. The molecule has 2 unspecified atom stereocenters. The van der Waals surface area contributed by atoms with Gasteiger partial charge in [0, 0.05) is 47.0 Å². The third-order valence-electron chi connectivity index (χ3n) is 5.05. The van der Waals surface area contributed by atoms with E-state index in [1.807, 2.05) is 17.9 Å². The molecule has 0 aliphatic carbocycles. The topological polar surface area (TPSA) is 54.7 Å². The Hall–Kier alpha value is -2.41. The van der Waals surface area contributed by atoms with Crippen LogP contribution >= 0.6 is 0 Å². The van der Waals surface area contributed by atoms with Crippen LogP contribution in [0.5, 0.6) is 0 Å². The van der Waals surface area contributed by atoms with Gasteiger partial charge in [0.2, 0.25) is 0 Å². The number of nitrogens with zero attached hydrogens (tertiary/aromatic N) is 4. The maximum Gasteiger partial charge on any atom is 0.193 e. The van der Waals surface area contributed by atoms with E-state index in [-0.39, 0.29) is 11.9 Å². The highest BCUT2D eigenvalue weighted by Gasteiger charge is 2.25. The highest BCUT2D eigenvalue weighted by Crippen LogP contribution is 2.21. The van der Waals surface area contributed by atoms with Gasteiger partial charge in [-0.05, 0) is 42.0 Å². The van der Waals surface area contributed by atoms with Crippen molar-refractivity contribution in [3.05, 3.63) is 53.6 Å². The first-order valence-electron chi connectivity index (χ1n) is 9.30. The fraction of sp³-hybridized carbons (Fsp3) is 0.500. The first-order chi connectivity index (χ1) is 13.1. The number of aryl methyl sites for hydroxylation is 1. The summed E-state index contributed by atoms with van der Waals surface area (Å²) in [5, 5.41) is 7.66. The van der Waals surface area contributed by atoms with Gasteiger partial charge >= 0.3 is 0 Å². The van der Waals surface area contributed by atoms with E-state index in [4.69, 9.17) is 4.74 Å². The monoisotopic (exact) mass is 373 g/mol. The molecule has 146 valence electrons. The van der Waals surface area contributed by atoms with Gasteiger partial charge in [-0.15, -0.1) is 0 Å². The molecule has 1 fully saturated rings. The number of rotatable bonds is 6. The lowest BCUT2D eigenvalue weighted by atomic mass is 10.0. The molecule has 1 N–H and O–H groups in total. The number of benzene rings is 1. The first kappa shape index (κ1) is 19.4. The van der Waals surface area contributed by atoms with E-state index in [0.717, 1.165) is 37.5 Å². The third-order valence-corrected chi connectivity index (χ3v) is 5.05. The quantitative estimate of drug-likeness (QED) is 0.624. The van der Waals surface area contributed by atoms with E-state index in [9.17, 15) is 4.39 Å². The first-order valence-corrected chi connectivity index (χ1v) is 9.30. The largest absolute Gasteiger partial charge is 0.375 e. The van der Waals surface area contributed by atoms with Crippen LogP contribution in [-0.4, -0.2) is 54.4 Å². The Balaban J connectivity index is 1.53. The molecule has 1 aliphatic rings. The van der Waals surface area contributed by atoms with Crippen LogP contribution in [0.15, 0.2) is 41.7 Å². The van der Waals surface area contributed by atoms with Crippen molar-refractivity contribution in [2.45, 2.75) is 18.9 Å². The number of nitrogens with one attached hydrogen (secondary N) is 1. The molecule has 1 aromatic carbocycles. The van der Waals surface area contributed by atoms with Gasteiger partial charge < -0.3 is 15.0 Å². The normalized spacial score (nSPS) is 18.7.